The fourth-order valence-corrected chi connectivity index (χ4v) is 2.34. The van der Waals surface area contributed by atoms with E-state index in [1.807, 2.05) is 6.08 Å². The van der Waals surface area contributed by atoms with Gasteiger partial charge in [-0.15, -0.1) is 31.4 Å². The van der Waals surface area contributed by atoms with Crippen molar-refractivity contribution in [2.24, 2.45) is 0 Å². The second-order valence-corrected chi connectivity index (χ2v) is 4.55. The SMILES string of the molecule is C=C[C@H](c1ccc(F)c(Cl)c1)N1CCNCC1.Cl.Cl. The summed E-state index contributed by atoms with van der Waals surface area (Å²) in [5.41, 5.74) is 0.994. The predicted molar refractivity (Wildman–Crippen MR) is 83.3 cm³/mol. The monoisotopic (exact) mass is 326 g/mol. The van der Waals surface area contributed by atoms with Gasteiger partial charge < -0.3 is 5.32 Å². The van der Waals surface area contributed by atoms with Crippen molar-refractivity contribution in [1.82, 2.24) is 10.2 Å². The fourth-order valence-electron chi connectivity index (χ4n) is 2.15. The second kappa shape index (κ2) is 8.77. The lowest BCUT2D eigenvalue weighted by Crippen LogP contribution is -2.44. The maximum Gasteiger partial charge on any atom is 0.141 e. The zero-order valence-electron chi connectivity index (χ0n) is 10.4. The highest BCUT2D eigenvalue weighted by Gasteiger charge is 2.19. The molecule has 1 fully saturated rings. The van der Waals surface area contributed by atoms with Crippen LogP contribution >= 0.6 is 36.4 Å². The zero-order valence-corrected chi connectivity index (χ0v) is 12.8. The molecule has 2 nitrogen and oxygen atoms in total. The summed E-state index contributed by atoms with van der Waals surface area (Å²) in [5, 5.41) is 3.47. The quantitative estimate of drug-likeness (QED) is 0.855. The molecule has 0 aromatic heterocycles. The van der Waals surface area contributed by atoms with E-state index < -0.39 is 0 Å². The molecule has 0 radical (unpaired) electrons. The Morgan fingerprint density at radius 3 is 2.47 bits per heavy atom. The van der Waals surface area contributed by atoms with Crippen LogP contribution < -0.4 is 5.32 Å². The third-order valence-electron chi connectivity index (χ3n) is 3.05. The van der Waals surface area contributed by atoms with Crippen molar-refractivity contribution in [3.8, 4) is 0 Å². The number of hydrogen-bond acceptors (Lipinski definition) is 2. The van der Waals surface area contributed by atoms with Crippen LogP contribution in [0.25, 0.3) is 0 Å². The van der Waals surface area contributed by atoms with Crippen LogP contribution in [0, 0.1) is 5.82 Å². The maximum atomic E-state index is 13.1. The van der Waals surface area contributed by atoms with Gasteiger partial charge in [0, 0.05) is 26.2 Å². The number of piperazine rings is 1. The largest absolute Gasteiger partial charge is 0.314 e. The average Bonchev–Trinajstić information content (AvgIpc) is 2.36. The van der Waals surface area contributed by atoms with Gasteiger partial charge in [-0.3, -0.25) is 4.90 Å². The van der Waals surface area contributed by atoms with Crippen LogP contribution in [0.2, 0.25) is 5.02 Å². The van der Waals surface area contributed by atoms with Gasteiger partial charge in [-0.25, -0.2) is 4.39 Å². The lowest BCUT2D eigenvalue weighted by molar-refractivity contribution is 0.203. The van der Waals surface area contributed by atoms with Crippen LogP contribution in [0.3, 0.4) is 0 Å². The molecule has 1 N–H and O–H groups in total. The summed E-state index contributed by atoms with van der Waals surface area (Å²) >= 11 is 5.81. The van der Waals surface area contributed by atoms with Crippen LogP contribution in [0.1, 0.15) is 11.6 Å². The fraction of sp³-hybridized carbons (Fsp3) is 0.385. The second-order valence-electron chi connectivity index (χ2n) is 4.14. The smallest absolute Gasteiger partial charge is 0.141 e. The standard InChI is InChI=1S/C13H16ClFN2.2ClH/c1-2-13(17-7-5-16-6-8-17)10-3-4-12(15)11(14)9-10;;/h2-4,9,13,16H,1,5-8H2;2*1H/t13-;;/m1../s1. The Bertz CT molecular complexity index is 409. The van der Waals surface area contributed by atoms with Crippen LogP contribution in [0.15, 0.2) is 30.9 Å². The van der Waals surface area contributed by atoms with Crippen molar-refractivity contribution < 1.29 is 4.39 Å². The van der Waals surface area contributed by atoms with Gasteiger partial charge >= 0.3 is 0 Å². The normalized spacial score (nSPS) is 16.9. The van der Waals surface area contributed by atoms with Gasteiger partial charge in [0.05, 0.1) is 11.1 Å². The highest BCUT2D eigenvalue weighted by atomic mass is 35.5. The van der Waals surface area contributed by atoms with E-state index in [1.54, 1.807) is 12.1 Å². The predicted octanol–water partition coefficient (Wildman–Crippen LogP) is 3.46. The summed E-state index contributed by atoms with van der Waals surface area (Å²) in [5.74, 6) is -0.376. The molecule has 1 heterocycles. The summed E-state index contributed by atoms with van der Waals surface area (Å²) in [7, 11) is 0. The van der Waals surface area contributed by atoms with Crippen molar-refractivity contribution in [3.05, 3.63) is 47.3 Å². The topological polar surface area (TPSA) is 15.3 Å². The van der Waals surface area contributed by atoms with Gasteiger partial charge in [0.15, 0.2) is 0 Å². The Morgan fingerprint density at radius 2 is 1.95 bits per heavy atom. The molecule has 108 valence electrons. The molecule has 0 aliphatic carbocycles. The molecule has 0 unspecified atom stereocenters. The Balaban J connectivity index is 0.00000162. The highest BCUT2D eigenvalue weighted by molar-refractivity contribution is 6.30. The van der Waals surface area contributed by atoms with E-state index in [-0.39, 0.29) is 41.7 Å². The van der Waals surface area contributed by atoms with E-state index in [0.29, 0.717) is 0 Å². The molecule has 1 atom stereocenters. The molecule has 0 amide bonds. The summed E-state index contributed by atoms with van der Waals surface area (Å²) in [6, 6.07) is 4.98. The van der Waals surface area contributed by atoms with Crippen molar-refractivity contribution in [2.45, 2.75) is 6.04 Å². The Kier molecular flexibility index (Phi) is 8.62. The van der Waals surface area contributed by atoms with Crippen LogP contribution in [-0.2, 0) is 0 Å². The minimum atomic E-state index is -0.376. The van der Waals surface area contributed by atoms with Crippen LogP contribution in [0.5, 0.6) is 0 Å². The number of benzene rings is 1. The van der Waals surface area contributed by atoms with E-state index in [2.05, 4.69) is 16.8 Å². The molecule has 1 aliphatic heterocycles. The number of nitrogens with one attached hydrogen (secondary N) is 1. The first-order valence-corrected chi connectivity index (χ1v) is 6.12. The van der Waals surface area contributed by atoms with Crippen molar-refractivity contribution in [2.75, 3.05) is 26.2 Å². The van der Waals surface area contributed by atoms with Crippen LogP contribution in [0.4, 0.5) is 4.39 Å². The number of halogens is 4. The molecule has 1 aromatic carbocycles. The number of hydrogen-bond donors (Lipinski definition) is 1. The molecule has 19 heavy (non-hydrogen) atoms. The third kappa shape index (κ3) is 4.62. The van der Waals surface area contributed by atoms with Gasteiger partial charge in [-0.05, 0) is 17.7 Å². The summed E-state index contributed by atoms with van der Waals surface area (Å²) < 4.78 is 13.1. The van der Waals surface area contributed by atoms with Crippen LogP contribution in [-0.4, -0.2) is 31.1 Å². The van der Waals surface area contributed by atoms with Gasteiger partial charge in [-0.1, -0.05) is 23.7 Å². The van der Waals surface area contributed by atoms with E-state index >= 15 is 0 Å². The minimum Gasteiger partial charge on any atom is -0.314 e. The van der Waals surface area contributed by atoms with Gasteiger partial charge in [-0.2, -0.15) is 0 Å². The molecule has 0 bridgehead atoms. The van der Waals surface area contributed by atoms with Gasteiger partial charge in [0.2, 0.25) is 0 Å². The van der Waals surface area contributed by atoms with E-state index in [0.717, 1.165) is 31.7 Å². The minimum absolute atomic E-state index is 0. The first-order valence-electron chi connectivity index (χ1n) is 5.74. The molecular weight excluding hydrogens is 310 g/mol. The molecular formula is C13H18Cl3FN2. The van der Waals surface area contributed by atoms with Crippen molar-refractivity contribution >= 4 is 36.4 Å². The maximum absolute atomic E-state index is 13.1. The summed E-state index contributed by atoms with van der Waals surface area (Å²) in [6.07, 6.45) is 1.88. The number of nitrogens with zero attached hydrogens (tertiary/aromatic N) is 1. The summed E-state index contributed by atoms with van der Waals surface area (Å²) in [4.78, 5) is 2.31. The van der Waals surface area contributed by atoms with Gasteiger partial charge in [0.25, 0.3) is 0 Å². The Labute approximate surface area is 130 Å². The van der Waals surface area contributed by atoms with E-state index in [1.165, 1.54) is 6.07 Å². The van der Waals surface area contributed by atoms with E-state index in [4.69, 9.17) is 11.6 Å². The highest BCUT2D eigenvalue weighted by Crippen LogP contribution is 2.26. The Morgan fingerprint density at radius 1 is 1.32 bits per heavy atom. The molecule has 0 spiro atoms. The first-order chi connectivity index (χ1) is 8.22. The molecule has 1 aromatic rings. The average molecular weight is 328 g/mol. The van der Waals surface area contributed by atoms with Gasteiger partial charge in [0.1, 0.15) is 5.82 Å². The van der Waals surface area contributed by atoms with Crippen molar-refractivity contribution in [1.29, 1.82) is 0 Å². The molecule has 2 rings (SSSR count). The lowest BCUT2D eigenvalue weighted by atomic mass is 10.0. The van der Waals surface area contributed by atoms with E-state index in [9.17, 15) is 4.39 Å². The lowest BCUT2D eigenvalue weighted by Gasteiger charge is -2.33. The zero-order chi connectivity index (χ0) is 12.3. The molecule has 1 aliphatic rings. The summed E-state index contributed by atoms with van der Waals surface area (Å²) in [6.45, 7) is 7.74. The first kappa shape index (κ1) is 18.7. The number of rotatable bonds is 3. The Hall–Kier alpha value is -0.320. The molecule has 0 saturated carbocycles. The molecule has 1 saturated heterocycles. The van der Waals surface area contributed by atoms with Crippen molar-refractivity contribution in [3.63, 3.8) is 0 Å². The molecule has 6 heteroatoms. The third-order valence-corrected chi connectivity index (χ3v) is 3.34.